The number of likely N-dealkylation sites (tertiary alicyclic amines) is 1. The Hall–Kier alpha value is -3.82. The molecule has 2 aromatic carbocycles. The lowest BCUT2D eigenvalue weighted by Crippen LogP contribution is -2.38. The molecule has 0 aliphatic carbocycles. The van der Waals surface area contributed by atoms with Gasteiger partial charge < -0.3 is 30.3 Å². The van der Waals surface area contributed by atoms with Gasteiger partial charge in [0.25, 0.3) is 15.9 Å². The number of phenolic OH excluding ortho intramolecular Hbond substituents is 1. The van der Waals surface area contributed by atoms with Crippen LogP contribution in [-0.4, -0.2) is 78.5 Å². The second-order valence-electron chi connectivity index (χ2n) is 10.5. The van der Waals surface area contributed by atoms with Gasteiger partial charge in [0.05, 0.1) is 23.4 Å². The molecule has 2 atom stereocenters. The Balaban J connectivity index is 1.44. The molecular formula is C28H33F3N4O7S. The summed E-state index contributed by atoms with van der Waals surface area (Å²) < 4.78 is 62.0. The fourth-order valence-corrected chi connectivity index (χ4v) is 5.68. The molecule has 11 nitrogen and oxygen atoms in total. The maximum absolute atomic E-state index is 13.1. The first-order valence-electron chi connectivity index (χ1n) is 13.6. The van der Waals surface area contributed by atoms with Gasteiger partial charge in [0.2, 0.25) is 0 Å². The number of sulfonamides is 1. The minimum Gasteiger partial charge on any atom is -0.506 e. The molecule has 43 heavy (non-hydrogen) atoms. The molecule has 1 aliphatic heterocycles. The number of fused-ring (bicyclic) bond motifs is 1. The number of aromatic hydroxyl groups is 1. The lowest BCUT2D eigenvalue weighted by Gasteiger charge is -2.26. The molecule has 0 radical (unpaired) electrons. The number of halogens is 3. The largest absolute Gasteiger partial charge is 0.506 e. The van der Waals surface area contributed by atoms with Crippen molar-refractivity contribution in [3.63, 3.8) is 0 Å². The highest BCUT2D eigenvalue weighted by Crippen LogP contribution is 2.33. The Kier molecular flexibility index (Phi) is 9.57. The van der Waals surface area contributed by atoms with E-state index in [1.807, 2.05) is 30.2 Å². The number of para-hydroxylation sites is 1. The third-order valence-corrected chi connectivity index (χ3v) is 8.01. The summed E-state index contributed by atoms with van der Waals surface area (Å²) >= 11 is 0. The maximum Gasteiger partial charge on any atom is 0.493 e. The van der Waals surface area contributed by atoms with Gasteiger partial charge in [-0.2, -0.15) is 13.2 Å². The Morgan fingerprint density at radius 1 is 1.16 bits per heavy atom. The Labute approximate surface area is 246 Å². The number of aromatic nitrogens is 1. The minimum absolute atomic E-state index is 0.0103. The summed E-state index contributed by atoms with van der Waals surface area (Å²) in [5.74, 6) is -3.61. The number of hydrogen-bond acceptors (Lipinski definition) is 8. The van der Waals surface area contributed by atoms with Crippen LogP contribution in [-0.2, 0) is 26.1 Å². The molecule has 234 valence electrons. The number of piperidine rings is 1. The van der Waals surface area contributed by atoms with E-state index in [0.29, 0.717) is 18.2 Å². The molecule has 4 rings (SSSR count). The first-order chi connectivity index (χ1) is 20.2. The number of amides is 1. The molecule has 1 fully saturated rings. The first-order valence-corrected chi connectivity index (χ1v) is 15.4. The fourth-order valence-electron chi connectivity index (χ4n) is 4.98. The van der Waals surface area contributed by atoms with Gasteiger partial charge >= 0.3 is 12.1 Å². The van der Waals surface area contributed by atoms with Crippen LogP contribution in [0.25, 0.3) is 10.9 Å². The number of carbonyl (C=O) groups excluding carboxylic acids is 2. The van der Waals surface area contributed by atoms with E-state index >= 15 is 0 Å². The predicted octanol–water partition coefficient (Wildman–Crippen LogP) is 3.54. The smallest absolute Gasteiger partial charge is 0.493 e. The Bertz CT molecular complexity index is 1590. The number of aliphatic hydroxyl groups excluding tert-OH is 1. The molecule has 4 N–H and O–H groups in total. The highest BCUT2D eigenvalue weighted by atomic mass is 32.2. The maximum atomic E-state index is 13.1. The third-order valence-electron chi connectivity index (χ3n) is 7.14. The van der Waals surface area contributed by atoms with Crippen LogP contribution in [0, 0.1) is 0 Å². The SMILES string of the molecule is C[C@H](Cc1c[nH]c2c(C(=O)N3CCCCC3)cccc12)NC[C@H](O)c1ccc(O)c(N(OC(=O)C(F)(F)F)S(C)(=O)=O)c1. The van der Waals surface area contributed by atoms with Gasteiger partial charge in [0.1, 0.15) is 11.4 Å². The molecule has 0 unspecified atom stereocenters. The second-order valence-corrected chi connectivity index (χ2v) is 12.3. The summed E-state index contributed by atoms with van der Waals surface area (Å²) in [6.45, 7) is 3.30. The van der Waals surface area contributed by atoms with Gasteiger partial charge in [-0.1, -0.05) is 22.7 Å². The van der Waals surface area contributed by atoms with E-state index in [4.69, 9.17) is 0 Å². The molecule has 15 heteroatoms. The van der Waals surface area contributed by atoms with E-state index in [2.05, 4.69) is 15.1 Å². The molecule has 0 bridgehead atoms. The van der Waals surface area contributed by atoms with E-state index in [-0.39, 0.29) is 28.5 Å². The summed E-state index contributed by atoms with van der Waals surface area (Å²) in [5.41, 5.74) is 1.56. The molecule has 1 aliphatic rings. The van der Waals surface area contributed by atoms with Crippen LogP contribution in [0.5, 0.6) is 5.75 Å². The van der Waals surface area contributed by atoms with Crippen LogP contribution >= 0.6 is 0 Å². The van der Waals surface area contributed by atoms with Gasteiger partial charge in [-0.05, 0) is 61.9 Å². The van der Waals surface area contributed by atoms with Crippen molar-refractivity contribution >= 4 is 38.5 Å². The number of phenols is 1. The lowest BCUT2D eigenvalue weighted by molar-refractivity contribution is -0.199. The van der Waals surface area contributed by atoms with Crippen molar-refractivity contribution < 1.29 is 46.2 Å². The van der Waals surface area contributed by atoms with Crippen molar-refractivity contribution in [2.45, 2.75) is 50.9 Å². The molecule has 1 amide bonds. The van der Waals surface area contributed by atoms with Crippen LogP contribution in [0.4, 0.5) is 18.9 Å². The van der Waals surface area contributed by atoms with Crippen molar-refractivity contribution in [1.82, 2.24) is 15.2 Å². The number of alkyl halides is 3. The number of aliphatic hydroxyl groups is 1. The van der Waals surface area contributed by atoms with Gasteiger partial charge in [0, 0.05) is 37.3 Å². The zero-order valence-electron chi connectivity index (χ0n) is 23.5. The highest BCUT2D eigenvalue weighted by molar-refractivity contribution is 7.91. The van der Waals surface area contributed by atoms with Crippen LogP contribution in [0.15, 0.2) is 42.6 Å². The van der Waals surface area contributed by atoms with E-state index in [1.54, 1.807) is 6.07 Å². The van der Waals surface area contributed by atoms with E-state index < -0.39 is 39.7 Å². The van der Waals surface area contributed by atoms with E-state index in [0.717, 1.165) is 61.0 Å². The van der Waals surface area contributed by atoms with Crippen molar-refractivity contribution in [3.8, 4) is 5.75 Å². The van der Waals surface area contributed by atoms with Crippen LogP contribution in [0.2, 0.25) is 0 Å². The highest BCUT2D eigenvalue weighted by Gasteiger charge is 2.44. The number of nitrogens with zero attached hydrogens (tertiary/aromatic N) is 2. The molecule has 0 saturated carbocycles. The number of nitrogens with one attached hydrogen (secondary N) is 2. The van der Waals surface area contributed by atoms with Crippen LogP contribution in [0.1, 0.15) is 53.8 Å². The van der Waals surface area contributed by atoms with E-state index in [9.17, 15) is 41.4 Å². The number of H-pyrrole nitrogens is 1. The van der Waals surface area contributed by atoms with Crippen molar-refractivity contribution in [2.24, 2.45) is 0 Å². The summed E-state index contributed by atoms with van der Waals surface area (Å²) in [7, 11) is -4.62. The number of hydrogen-bond donors (Lipinski definition) is 4. The molecular weight excluding hydrogens is 593 g/mol. The number of carbonyl (C=O) groups is 2. The third kappa shape index (κ3) is 7.58. The van der Waals surface area contributed by atoms with Crippen LogP contribution in [0.3, 0.4) is 0 Å². The monoisotopic (exact) mass is 626 g/mol. The standard InChI is InChI=1S/C28H33F3N4O7S/c1-17(13-19-15-33-25-20(19)7-6-8-21(25)26(38)34-11-4-3-5-12-34)32-16-24(37)18-9-10-23(36)22(14-18)35(43(2,40)41)42-27(39)28(29,30)31/h6-10,14-15,17,24,32-33,36-37H,3-5,11-13,16H2,1-2H3/t17-,24+/m1/s1. The lowest BCUT2D eigenvalue weighted by atomic mass is 10.0. The summed E-state index contributed by atoms with van der Waals surface area (Å²) in [4.78, 5) is 33.6. The summed E-state index contributed by atoms with van der Waals surface area (Å²) in [6, 6.07) is 8.51. The second kappa shape index (κ2) is 12.8. The number of anilines is 1. The summed E-state index contributed by atoms with van der Waals surface area (Å²) in [5, 5.41) is 24.9. The zero-order chi connectivity index (χ0) is 31.5. The van der Waals surface area contributed by atoms with Crippen molar-refractivity contribution in [1.29, 1.82) is 0 Å². The van der Waals surface area contributed by atoms with Crippen molar-refractivity contribution in [2.75, 3.05) is 30.4 Å². The quantitative estimate of drug-likeness (QED) is 0.250. The predicted molar refractivity (Wildman–Crippen MR) is 152 cm³/mol. The van der Waals surface area contributed by atoms with Gasteiger partial charge in [-0.15, -0.1) is 0 Å². The minimum atomic E-state index is -5.50. The average Bonchev–Trinajstić information content (AvgIpc) is 3.36. The number of benzene rings is 2. The van der Waals surface area contributed by atoms with Gasteiger partial charge in [0.15, 0.2) is 0 Å². The average molecular weight is 627 g/mol. The number of aromatic amines is 1. The molecule has 0 spiro atoms. The zero-order valence-corrected chi connectivity index (χ0v) is 24.3. The summed E-state index contributed by atoms with van der Waals surface area (Å²) in [6.07, 6.45) is -0.850. The molecule has 3 aromatic rings. The topological polar surface area (TPSA) is 152 Å². The Morgan fingerprint density at radius 2 is 1.86 bits per heavy atom. The van der Waals surface area contributed by atoms with Crippen LogP contribution < -0.4 is 9.79 Å². The number of rotatable bonds is 10. The Morgan fingerprint density at radius 3 is 2.51 bits per heavy atom. The first kappa shape index (κ1) is 32.1. The van der Waals surface area contributed by atoms with Crippen molar-refractivity contribution in [3.05, 3.63) is 59.3 Å². The van der Waals surface area contributed by atoms with Gasteiger partial charge in [-0.25, -0.2) is 13.2 Å². The molecule has 1 aromatic heterocycles. The molecule has 1 saturated heterocycles. The molecule has 2 heterocycles. The van der Waals surface area contributed by atoms with Gasteiger partial charge in [-0.3, -0.25) is 4.79 Å². The fraction of sp³-hybridized carbons (Fsp3) is 0.429. The normalized spacial score (nSPS) is 15.7. The van der Waals surface area contributed by atoms with E-state index in [1.165, 1.54) is 6.07 Å².